The number of methoxy groups -OCH3 is 1. The summed E-state index contributed by atoms with van der Waals surface area (Å²) in [6.07, 6.45) is -0.388. The average molecular weight is 529 g/mol. The van der Waals surface area contributed by atoms with Crippen LogP contribution in [-0.2, 0) is 12.7 Å². The van der Waals surface area contributed by atoms with E-state index in [2.05, 4.69) is 25.4 Å². The molecule has 4 rings (SSSR count). The highest BCUT2D eigenvalue weighted by Crippen LogP contribution is 2.46. The van der Waals surface area contributed by atoms with E-state index >= 15 is 0 Å². The number of ether oxygens (including phenoxy) is 1. The second kappa shape index (κ2) is 10.7. The molecule has 0 radical (unpaired) electrons. The number of aromatic nitrogens is 5. The molecule has 0 bridgehead atoms. The van der Waals surface area contributed by atoms with E-state index in [-0.39, 0.29) is 41.1 Å². The Morgan fingerprint density at radius 3 is 2.55 bits per heavy atom. The van der Waals surface area contributed by atoms with E-state index in [1.54, 1.807) is 30.5 Å². The van der Waals surface area contributed by atoms with Crippen molar-refractivity contribution in [2.24, 2.45) is 0 Å². The van der Waals surface area contributed by atoms with Crippen molar-refractivity contribution in [3.05, 3.63) is 60.4 Å². The summed E-state index contributed by atoms with van der Waals surface area (Å²) in [5.41, 5.74) is 0.787. The Bertz CT molecular complexity index is 1430. The summed E-state index contributed by atoms with van der Waals surface area (Å²) in [6.45, 7) is 4.70. The summed E-state index contributed by atoms with van der Waals surface area (Å²) >= 11 is 0. The topological polar surface area (TPSA) is 118 Å². The van der Waals surface area contributed by atoms with Crippen molar-refractivity contribution in [2.75, 3.05) is 7.11 Å². The number of hydrogen-bond acceptors (Lipinski definition) is 6. The molecule has 1 atom stereocenters. The summed E-state index contributed by atoms with van der Waals surface area (Å²) in [5, 5.41) is 16.5. The molecular weight excluding hydrogens is 501 g/mol. The number of benzene rings is 1. The maximum atomic E-state index is 14.3. The lowest BCUT2D eigenvalue weighted by Crippen LogP contribution is -2.30. The molecular formula is C26H27F3N6O3. The molecule has 0 saturated heterocycles. The Morgan fingerprint density at radius 2 is 1.95 bits per heavy atom. The van der Waals surface area contributed by atoms with E-state index in [1.165, 1.54) is 26.6 Å². The molecule has 12 heteroatoms. The zero-order chi connectivity index (χ0) is 27.6. The monoisotopic (exact) mass is 528 g/mol. The van der Waals surface area contributed by atoms with Crippen LogP contribution < -0.4 is 10.1 Å². The quantitative estimate of drug-likeness (QED) is 0.309. The minimum Gasteiger partial charge on any atom is -0.495 e. The fraction of sp³-hybridized carbons (Fsp3) is 0.308. The Labute approximate surface area is 216 Å². The number of nitrogens with one attached hydrogen (secondary N) is 2. The highest BCUT2D eigenvalue weighted by molar-refractivity contribution is 6.02. The van der Waals surface area contributed by atoms with Crippen molar-refractivity contribution >= 4 is 5.91 Å². The smallest absolute Gasteiger partial charge is 0.433 e. The summed E-state index contributed by atoms with van der Waals surface area (Å²) in [6, 6.07) is 6.45. The average Bonchev–Trinajstić information content (AvgIpc) is 3.47. The molecule has 3 N–H and O–H groups in total. The third-order valence-corrected chi connectivity index (χ3v) is 5.71. The summed E-state index contributed by atoms with van der Waals surface area (Å²) < 4.78 is 49.2. The molecule has 0 unspecified atom stereocenters. The number of halogens is 3. The molecule has 0 fully saturated rings. The van der Waals surface area contributed by atoms with Gasteiger partial charge in [-0.2, -0.15) is 18.3 Å². The molecule has 1 aromatic carbocycles. The molecule has 0 aliphatic rings. The van der Waals surface area contributed by atoms with Gasteiger partial charge in [-0.1, -0.05) is 12.1 Å². The lowest BCUT2D eigenvalue weighted by molar-refractivity contribution is -0.144. The number of H-pyrrole nitrogens is 1. The van der Waals surface area contributed by atoms with E-state index in [4.69, 9.17) is 4.74 Å². The number of carbonyl (C=O) groups is 1. The number of hydrogen-bond donors (Lipinski definition) is 3. The lowest BCUT2D eigenvalue weighted by Gasteiger charge is -2.16. The van der Waals surface area contributed by atoms with Crippen LogP contribution in [-0.4, -0.2) is 55.0 Å². The van der Waals surface area contributed by atoms with Crippen LogP contribution in [0.4, 0.5) is 13.2 Å². The third-order valence-electron chi connectivity index (χ3n) is 5.71. The van der Waals surface area contributed by atoms with Crippen LogP contribution in [0.25, 0.3) is 33.6 Å². The molecule has 3 aromatic heterocycles. The van der Waals surface area contributed by atoms with Gasteiger partial charge in [-0.15, -0.1) is 0 Å². The van der Waals surface area contributed by atoms with E-state index in [0.717, 1.165) is 10.9 Å². The first-order valence-corrected chi connectivity index (χ1v) is 11.8. The van der Waals surface area contributed by atoms with Crippen molar-refractivity contribution in [1.29, 1.82) is 0 Å². The number of para-hydroxylation sites is 1. The number of amides is 1. The van der Waals surface area contributed by atoms with E-state index < -0.39 is 18.0 Å². The summed E-state index contributed by atoms with van der Waals surface area (Å²) in [5.74, 6) is -0.0934. The van der Waals surface area contributed by atoms with Gasteiger partial charge in [-0.05, 0) is 32.9 Å². The number of nitrogens with zero attached hydrogens (tertiary/aromatic N) is 4. The van der Waals surface area contributed by atoms with Crippen LogP contribution in [0.2, 0.25) is 0 Å². The van der Waals surface area contributed by atoms with Gasteiger partial charge in [0.05, 0.1) is 42.9 Å². The Morgan fingerprint density at radius 1 is 1.18 bits per heavy atom. The standard InChI is InChI=1S/C26H27F3N6O3/c1-14(2)34-25(37)17-7-5-6-16(23(17)38-4)18-10-31-22(21(18)20-8-9-30-13-32-20)19-11-33-35(12-15(3)36)24(19)26(27,28)29/h5-11,13-15,31,36H,12H2,1-4H3,(H,34,37)/t15-/m1/s1. The Kier molecular flexibility index (Phi) is 7.53. The predicted octanol–water partition coefficient (Wildman–Crippen LogP) is 4.55. The van der Waals surface area contributed by atoms with Gasteiger partial charge in [0, 0.05) is 40.7 Å². The van der Waals surface area contributed by atoms with Crippen molar-refractivity contribution in [3.63, 3.8) is 0 Å². The van der Waals surface area contributed by atoms with Crippen molar-refractivity contribution < 1.29 is 27.8 Å². The molecule has 38 heavy (non-hydrogen) atoms. The molecule has 9 nitrogen and oxygen atoms in total. The zero-order valence-electron chi connectivity index (χ0n) is 21.2. The molecule has 0 aliphatic heterocycles. The van der Waals surface area contributed by atoms with E-state index in [9.17, 15) is 23.1 Å². The van der Waals surface area contributed by atoms with Crippen LogP contribution in [0, 0.1) is 0 Å². The normalized spacial score (nSPS) is 12.6. The van der Waals surface area contributed by atoms with Gasteiger partial charge < -0.3 is 20.1 Å². The Balaban J connectivity index is 1.99. The van der Waals surface area contributed by atoms with Gasteiger partial charge in [-0.25, -0.2) is 9.97 Å². The van der Waals surface area contributed by atoms with Crippen LogP contribution in [0.1, 0.15) is 36.8 Å². The van der Waals surface area contributed by atoms with Crippen LogP contribution in [0.5, 0.6) is 5.75 Å². The second-order valence-corrected chi connectivity index (χ2v) is 9.00. The number of aromatic amines is 1. The minimum absolute atomic E-state index is 0.113. The molecule has 0 saturated carbocycles. The van der Waals surface area contributed by atoms with Crippen molar-refractivity contribution in [1.82, 2.24) is 30.0 Å². The number of carbonyl (C=O) groups excluding carboxylic acids is 1. The van der Waals surface area contributed by atoms with Crippen LogP contribution in [0.15, 0.2) is 49.2 Å². The molecule has 1 amide bonds. The predicted molar refractivity (Wildman–Crippen MR) is 134 cm³/mol. The Hall–Kier alpha value is -4.19. The van der Waals surface area contributed by atoms with Gasteiger partial charge in [0.2, 0.25) is 0 Å². The molecule has 0 aliphatic carbocycles. The lowest BCUT2D eigenvalue weighted by atomic mass is 9.95. The van der Waals surface area contributed by atoms with Crippen LogP contribution in [0.3, 0.4) is 0 Å². The van der Waals surface area contributed by atoms with Crippen LogP contribution >= 0.6 is 0 Å². The number of alkyl halides is 3. The van der Waals surface area contributed by atoms with Gasteiger partial charge in [0.15, 0.2) is 5.69 Å². The summed E-state index contributed by atoms with van der Waals surface area (Å²) in [4.78, 5) is 24.1. The molecule has 200 valence electrons. The minimum atomic E-state index is -4.76. The first-order valence-electron chi connectivity index (χ1n) is 11.8. The number of aliphatic hydroxyl groups is 1. The molecule has 4 aromatic rings. The van der Waals surface area contributed by atoms with Gasteiger partial charge in [-0.3, -0.25) is 9.48 Å². The molecule has 3 heterocycles. The van der Waals surface area contributed by atoms with Gasteiger partial charge in [0.25, 0.3) is 5.91 Å². The van der Waals surface area contributed by atoms with Crippen molar-refractivity contribution in [2.45, 2.75) is 45.6 Å². The summed E-state index contributed by atoms with van der Waals surface area (Å²) in [7, 11) is 1.42. The molecule has 0 spiro atoms. The van der Waals surface area contributed by atoms with Crippen molar-refractivity contribution in [3.8, 4) is 39.4 Å². The largest absolute Gasteiger partial charge is 0.495 e. The first-order chi connectivity index (χ1) is 18.0. The van der Waals surface area contributed by atoms with Gasteiger partial charge >= 0.3 is 6.18 Å². The second-order valence-electron chi connectivity index (χ2n) is 9.00. The number of rotatable bonds is 8. The number of aliphatic hydroxyl groups excluding tert-OH is 1. The zero-order valence-corrected chi connectivity index (χ0v) is 21.2. The highest BCUT2D eigenvalue weighted by atomic mass is 19.4. The third kappa shape index (κ3) is 5.25. The fourth-order valence-corrected chi connectivity index (χ4v) is 4.30. The van der Waals surface area contributed by atoms with Gasteiger partial charge in [0.1, 0.15) is 12.1 Å². The van der Waals surface area contributed by atoms with E-state index in [0.29, 0.717) is 22.4 Å². The first kappa shape index (κ1) is 26.9. The maximum absolute atomic E-state index is 14.3. The maximum Gasteiger partial charge on any atom is 0.433 e. The highest BCUT2D eigenvalue weighted by Gasteiger charge is 2.40. The van der Waals surface area contributed by atoms with E-state index in [1.807, 2.05) is 13.8 Å². The fourth-order valence-electron chi connectivity index (χ4n) is 4.30. The SMILES string of the molecule is COc1c(C(=O)NC(C)C)cccc1-c1c[nH]c(-c2cnn(C[C@@H](C)O)c2C(F)(F)F)c1-c1ccncn1.